The van der Waals surface area contributed by atoms with Crippen LogP contribution in [0, 0.1) is 6.92 Å². The van der Waals surface area contributed by atoms with Crippen molar-refractivity contribution in [3.05, 3.63) is 15.4 Å². The van der Waals surface area contributed by atoms with Crippen LogP contribution in [-0.4, -0.2) is 56.6 Å². The zero-order chi connectivity index (χ0) is 15.1. The predicted octanol–water partition coefficient (Wildman–Crippen LogP) is -1.75. The lowest BCUT2D eigenvalue weighted by Crippen LogP contribution is -2.52. The van der Waals surface area contributed by atoms with E-state index in [1.165, 1.54) is 6.92 Å². The molecule has 0 aromatic carbocycles. The fraction of sp³-hybridized carbons (Fsp3) is 0.625. The maximum atomic E-state index is 12.4. The second-order valence-electron chi connectivity index (χ2n) is 4.28. The number of thiazole rings is 1. The Morgan fingerprint density at radius 3 is 2.00 bits per heavy atom. The van der Waals surface area contributed by atoms with Crippen molar-refractivity contribution in [2.45, 2.75) is 11.1 Å². The Bertz CT molecular complexity index is 754. The summed E-state index contributed by atoms with van der Waals surface area (Å²) in [6.07, 6.45) is 0. The van der Waals surface area contributed by atoms with Crippen LogP contribution in [0.15, 0.2) is 9.00 Å². The summed E-state index contributed by atoms with van der Waals surface area (Å²) in [5.41, 5.74) is 0.286. The summed E-state index contributed by atoms with van der Waals surface area (Å²) in [7, 11) is -7.59. The van der Waals surface area contributed by atoms with E-state index in [4.69, 9.17) is 5.14 Å². The van der Waals surface area contributed by atoms with Gasteiger partial charge in [-0.05, 0) is 6.92 Å². The quantitative estimate of drug-likeness (QED) is 0.672. The first-order chi connectivity index (χ1) is 9.12. The predicted molar refractivity (Wildman–Crippen MR) is 73.1 cm³/mol. The average Bonchev–Trinajstić information content (AvgIpc) is 2.68. The third-order valence-corrected chi connectivity index (χ3v) is 7.48. The van der Waals surface area contributed by atoms with E-state index in [1.54, 1.807) is 0 Å². The van der Waals surface area contributed by atoms with Crippen molar-refractivity contribution in [1.82, 2.24) is 13.6 Å². The van der Waals surface area contributed by atoms with Crippen LogP contribution in [0.3, 0.4) is 0 Å². The molecule has 2 rings (SSSR count). The molecule has 1 aromatic heterocycles. The standard InChI is InChI=1S/C8H14N4O5S3/c1-6-7(18-8(13)10-6)19(14,15)11-2-4-12(5-3-11)20(9,16)17/h2-5H2,1H3,(H,10,13)(H2,9,16,17). The summed E-state index contributed by atoms with van der Waals surface area (Å²) >= 11 is 0.624. The number of piperazine rings is 1. The van der Waals surface area contributed by atoms with Crippen LogP contribution in [-0.2, 0) is 20.2 Å². The molecule has 1 aromatic rings. The molecule has 0 amide bonds. The van der Waals surface area contributed by atoms with Crippen molar-refractivity contribution >= 4 is 31.6 Å². The molecule has 114 valence electrons. The minimum absolute atomic E-state index is 0.00354. The summed E-state index contributed by atoms with van der Waals surface area (Å²) in [6.45, 7) is 1.51. The Balaban J connectivity index is 2.22. The van der Waals surface area contributed by atoms with Crippen molar-refractivity contribution in [3.63, 3.8) is 0 Å². The molecule has 1 fully saturated rings. The molecule has 0 unspecified atom stereocenters. The highest BCUT2D eigenvalue weighted by atomic mass is 32.2. The summed E-state index contributed by atoms with van der Waals surface area (Å²) < 4.78 is 49.2. The second-order valence-corrected chi connectivity index (χ2v) is 8.94. The molecule has 2 heterocycles. The number of aryl methyl sites for hydroxylation is 1. The smallest absolute Gasteiger partial charge is 0.305 e. The highest BCUT2D eigenvalue weighted by Crippen LogP contribution is 2.22. The van der Waals surface area contributed by atoms with Crippen LogP contribution in [0.4, 0.5) is 0 Å². The van der Waals surface area contributed by atoms with Gasteiger partial charge in [-0.25, -0.2) is 13.6 Å². The molecule has 0 bridgehead atoms. The molecule has 1 aliphatic rings. The lowest BCUT2D eigenvalue weighted by molar-refractivity contribution is 0.273. The van der Waals surface area contributed by atoms with Gasteiger partial charge in [0.1, 0.15) is 0 Å². The van der Waals surface area contributed by atoms with Crippen molar-refractivity contribution < 1.29 is 16.8 Å². The fourth-order valence-electron chi connectivity index (χ4n) is 1.92. The van der Waals surface area contributed by atoms with E-state index in [-0.39, 0.29) is 36.1 Å². The first kappa shape index (κ1) is 15.6. The molecule has 0 aliphatic carbocycles. The van der Waals surface area contributed by atoms with Gasteiger partial charge in [0.2, 0.25) is 0 Å². The zero-order valence-corrected chi connectivity index (χ0v) is 13.0. The molecule has 12 heteroatoms. The number of sulfonamides is 1. The third kappa shape index (κ3) is 2.94. The van der Waals surface area contributed by atoms with Crippen LogP contribution in [0.5, 0.6) is 0 Å². The topological polar surface area (TPSA) is 134 Å². The highest BCUT2D eigenvalue weighted by Gasteiger charge is 2.33. The Morgan fingerprint density at radius 2 is 1.60 bits per heavy atom. The van der Waals surface area contributed by atoms with E-state index >= 15 is 0 Å². The Kier molecular flexibility index (Phi) is 4.05. The zero-order valence-electron chi connectivity index (χ0n) is 10.6. The molecular weight excluding hydrogens is 328 g/mol. The molecule has 0 saturated carbocycles. The van der Waals surface area contributed by atoms with Gasteiger partial charge in [-0.1, -0.05) is 11.3 Å². The molecule has 20 heavy (non-hydrogen) atoms. The number of aromatic nitrogens is 1. The van der Waals surface area contributed by atoms with Crippen LogP contribution in [0.1, 0.15) is 5.69 Å². The number of aromatic amines is 1. The lowest BCUT2D eigenvalue weighted by Gasteiger charge is -2.31. The van der Waals surface area contributed by atoms with E-state index in [0.717, 1.165) is 8.61 Å². The SMILES string of the molecule is Cc1[nH]c(=O)sc1S(=O)(=O)N1CCN(S(N)(=O)=O)CC1. The molecule has 0 radical (unpaired) electrons. The van der Waals surface area contributed by atoms with Crippen LogP contribution < -0.4 is 10.0 Å². The summed E-state index contributed by atoms with van der Waals surface area (Å²) in [5.74, 6) is 0. The van der Waals surface area contributed by atoms with Gasteiger partial charge in [0.05, 0.1) is 0 Å². The Morgan fingerprint density at radius 1 is 1.10 bits per heavy atom. The van der Waals surface area contributed by atoms with Gasteiger partial charge < -0.3 is 4.98 Å². The van der Waals surface area contributed by atoms with E-state index in [2.05, 4.69) is 4.98 Å². The van der Waals surface area contributed by atoms with Crippen LogP contribution in [0.2, 0.25) is 0 Å². The maximum Gasteiger partial charge on any atom is 0.305 e. The van der Waals surface area contributed by atoms with E-state index in [0.29, 0.717) is 11.3 Å². The van der Waals surface area contributed by atoms with Gasteiger partial charge in [-0.2, -0.15) is 17.0 Å². The largest absolute Gasteiger partial charge is 0.315 e. The molecule has 3 N–H and O–H groups in total. The van der Waals surface area contributed by atoms with E-state index < -0.39 is 25.1 Å². The molecule has 1 aliphatic heterocycles. The van der Waals surface area contributed by atoms with E-state index in [9.17, 15) is 21.6 Å². The first-order valence-electron chi connectivity index (χ1n) is 5.60. The van der Waals surface area contributed by atoms with Crippen LogP contribution in [0.25, 0.3) is 0 Å². The van der Waals surface area contributed by atoms with E-state index in [1.807, 2.05) is 0 Å². The van der Waals surface area contributed by atoms with Crippen LogP contribution >= 0.6 is 11.3 Å². The fourth-order valence-corrected chi connectivity index (χ4v) is 5.45. The molecule has 1 saturated heterocycles. The second kappa shape index (κ2) is 5.20. The Hall–Kier alpha value is -0.790. The number of nitrogens with two attached hydrogens (primary N) is 1. The molecule has 0 spiro atoms. The third-order valence-electron chi connectivity index (χ3n) is 2.91. The minimum atomic E-state index is -3.81. The van der Waals surface area contributed by atoms with Crippen molar-refractivity contribution in [2.24, 2.45) is 5.14 Å². The molecule has 9 nitrogen and oxygen atoms in total. The average molecular weight is 342 g/mol. The molecule has 0 atom stereocenters. The number of H-pyrrole nitrogens is 1. The monoisotopic (exact) mass is 342 g/mol. The van der Waals surface area contributed by atoms with Gasteiger partial charge in [0.15, 0.2) is 4.21 Å². The number of nitrogens with one attached hydrogen (secondary N) is 1. The normalized spacial score (nSPS) is 19.3. The first-order valence-corrected chi connectivity index (χ1v) is 9.36. The van der Waals surface area contributed by atoms with Gasteiger partial charge in [-0.15, -0.1) is 0 Å². The molecular formula is C8H14N4O5S3. The number of rotatable bonds is 3. The minimum Gasteiger partial charge on any atom is -0.315 e. The van der Waals surface area contributed by atoms with Gasteiger partial charge in [0, 0.05) is 31.9 Å². The number of nitrogens with zero attached hydrogens (tertiary/aromatic N) is 2. The van der Waals surface area contributed by atoms with Crippen molar-refractivity contribution in [3.8, 4) is 0 Å². The van der Waals surface area contributed by atoms with Gasteiger partial charge >= 0.3 is 4.87 Å². The van der Waals surface area contributed by atoms with Crippen molar-refractivity contribution in [1.29, 1.82) is 0 Å². The Labute approximate surface area is 120 Å². The van der Waals surface area contributed by atoms with Gasteiger partial charge in [0.25, 0.3) is 20.2 Å². The summed E-state index contributed by atoms with van der Waals surface area (Å²) in [5, 5.41) is 4.99. The summed E-state index contributed by atoms with van der Waals surface area (Å²) in [4.78, 5) is 13.2. The van der Waals surface area contributed by atoms with Gasteiger partial charge in [-0.3, -0.25) is 4.79 Å². The number of hydrogen-bond acceptors (Lipinski definition) is 6. The summed E-state index contributed by atoms with van der Waals surface area (Å²) in [6, 6.07) is 0. The number of hydrogen-bond donors (Lipinski definition) is 2. The van der Waals surface area contributed by atoms with Crippen molar-refractivity contribution in [2.75, 3.05) is 26.2 Å². The maximum absolute atomic E-state index is 12.4. The highest BCUT2D eigenvalue weighted by molar-refractivity contribution is 7.91. The lowest BCUT2D eigenvalue weighted by atomic mass is 10.4.